The number of halogens is 1. The fraction of sp³-hybridized carbons (Fsp3) is 0.125. The van der Waals surface area contributed by atoms with Gasteiger partial charge in [-0.1, -0.05) is 30.3 Å². The quantitative estimate of drug-likeness (QED) is 0.627. The van der Waals surface area contributed by atoms with E-state index >= 15 is 4.39 Å². The van der Waals surface area contributed by atoms with Gasteiger partial charge in [0.2, 0.25) is 0 Å². The summed E-state index contributed by atoms with van der Waals surface area (Å²) in [6.45, 7) is 1.45. The van der Waals surface area contributed by atoms with Crippen molar-refractivity contribution in [3.63, 3.8) is 0 Å². The monoisotopic (exact) mass is 266 g/mol. The van der Waals surface area contributed by atoms with Crippen molar-refractivity contribution in [1.82, 2.24) is 9.55 Å². The van der Waals surface area contributed by atoms with E-state index in [-0.39, 0.29) is 11.4 Å². The van der Waals surface area contributed by atoms with E-state index in [9.17, 15) is 4.79 Å². The molecular formula is C16H11FN2O. The Hall–Kier alpha value is -2.49. The molecule has 2 aromatic carbocycles. The van der Waals surface area contributed by atoms with Gasteiger partial charge in [-0.15, -0.1) is 0 Å². The van der Waals surface area contributed by atoms with Crippen LogP contribution in [0.3, 0.4) is 0 Å². The highest BCUT2D eigenvalue weighted by Gasteiger charge is 2.42. The van der Waals surface area contributed by atoms with Gasteiger partial charge in [-0.2, -0.15) is 0 Å². The highest BCUT2D eigenvalue weighted by atomic mass is 19.1. The van der Waals surface area contributed by atoms with Crippen molar-refractivity contribution in [3.05, 3.63) is 70.3 Å². The molecule has 0 saturated carbocycles. The van der Waals surface area contributed by atoms with Gasteiger partial charge in [0.1, 0.15) is 0 Å². The van der Waals surface area contributed by atoms with Crippen molar-refractivity contribution in [2.75, 3.05) is 0 Å². The molecule has 2 heterocycles. The number of hydrogen-bond donors (Lipinski definition) is 0. The third-order valence-electron chi connectivity index (χ3n) is 3.85. The van der Waals surface area contributed by atoms with Crippen molar-refractivity contribution >= 4 is 10.9 Å². The summed E-state index contributed by atoms with van der Waals surface area (Å²) in [5, 5.41) is 0.503. The molecule has 98 valence electrons. The van der Waals surface area contributed by atoms with Gasteiger partial charge in [0.15, 0.2) is 11.5 Å². The Morgan fingerprint density at radius 1 is 1.10 bits per heavy atom. The van der Waals surface area contributed by atoms with Crippen LogP contribution in [0.2, 0.25) is 0 Å². The van der Waals surface area contributed by atoms with E-state index in [1.807, 2.05) is 0 Å². The Morgan fingerprint density at radius 3 is 2.65 bits per heavy atom. The number of para-hydroxylation sites is 2. The van der Waals surface area contributed by atoms with Gasteiger partial charge >= 0.3 is 0 Å². The van der Waals surface area contributed by atoms with Crippen LogP contribution in [-0.2, 0) is 5.67 Å². The van der Waals surface area contributed by atoms with E-state index in [0.29, 0.717) is 22.2 Å². The third-order valence-corrected chi connectivity index (χ3v) is 3.85. The van der Waals surface area contributed by atoms with Crippen LogP contribution in [0.5, 0.6) is 0 Å². The maximum Gasteiger partial charge on any atom is 0.266 e. The summed E-state index contributed by atoms with van der Waals surface area (Å²) in [6, 6.07) is 14.1. The van der Waals surface area contributed by atoms with Crippen LogP contribution in [-0.4, -0.2) is 9.55 Å². The van der Waals surface area contributed by atoms with Gasteiger partial charge in [-0.3, -0.25) is 9.36 Å². The second kappa shape index (κ2) is 3.54. The zero-order valence-electron chi connectivity index (χ0n) is 10.8. The minimum absolute atomic E-state index is 0.155. The van der Waals surface area contributed by atoms with Crippen LogP contribution >= 0.6 is 0 Å². The molecule has 3 nitrogen and oxygen atoms in total. The summed E-state index contributed by atoms with van der Waals surface area (Å²) >= 11 is 0. The third kappa shape index (κ3) is 1.23. The molecule has 4 rings (SSSR count). The predicted molar refractivity (Wildman–Crippen MR) is 74.9 cm³/mol. The first-order valence-electron chi connectivity index (χ1n) is 6.42. The first kappa shape index (κ1) is 11.3. The summed E-state index contributed by atoms with van der Waals surface area (Å²) < 4.78 is 16.5. The van der Waals surface area contributed by atoms with Gasteiger partial charge < -0.3 is 0 Å². The normalized spacial score (nSPS) is 19.9. The number of hydrogen-bond acceptors (Lipinski definition) is 2. The molecule has 1 aliphatic heterocycles. The summed E-state index contributed by atoms with van der Waals surface area (Å²) in [5.41, 5.74) is -0.379. The largest absolute Gasteiger partial charge is 0.268 e. The number of fused-ring (bicyclic) bond motifs is 4. The van der Waals surface area contributed by atoms with Crippen molar-refractivity contribution in [1.29, 1.82) is 0 Å². The molecule has 0 fully saturated rings. The first-order valence-corrected chi connectivity index (χ1v) is 6.42. The Balaban J connectivity index is 2.24. The van der Waals surface area contributed by atoms with Crippen LogP contribution in [0.1, 0.15) is 18.3 Å². The van der Waals surface area contributed by atoms with E-state index < -0.39 is 5.67 Å². The fourth-order valence-corrected chi connectivity index (χ4v) is 2.86. The maximum atomic E-state index is 15.1. The number of rotatable bonds is 0. The van der Waals surface area contributed by atoms with Gasteiger partial charge in [0.05, 0.1) is 16.6 Å². The summed E-state index contributed by atoms with van der Waals surface area (Å²) in [4.78, 5) is 17.0. The van der Waals surface area contributed by atoms with E-state index in [1.54, 1.807) is 48.5 Å². The topological polar surface area (TPSA) is 34.9 Å². The van der Waals surface area contributed by atoms with E-state index in [1.165, 1.54) is 11.5 Å². The minimum atomic E-state index is -1.75. The van der Waals surface area contributed by atoms with E-state index in [2.05, 4.69) is 4.98 Å². The van der Waals surface area contributed by atoms with E-state index in [0.717, 1.165) is 0 Å². The van der Waals surface area contributed by atoms with Crippen LogP contribution in [0.15, 0.2) is 53.3 Å². The zero-order valence-corrected chi connectivity index (χ0v) is 10.8. The molecular weight excluding hydrogens is 255 g/mol. The summed E-state index contributed by atoms with van der Waals surface area (Å²) in [5.74, 6) is 0.155. The smallest absolute Gasteiger partial charge is 0.266 e. The Bertz CT molecular complexity index is 912. The molecule has 0 radical (unpaired) electrons. The van der Waals surface area contributed by atoms with Crippen molar-refractivity contribution in [2.45, 2.75) is 12.6 Å². The summed E-state index contributed by atoms with van der Waals surface area (Å²) in [6.07, 6.45) is 0. The van der Waals surface area contributed by atoms with Crippen molar-refractivity contribution in [2.24, 2.45) is 0 Å². The molecule has 1 unspecified atom stereocenters. The van der Waals surface area contributed by atoms with Gasteiger partial charge in [-0.05, 0) is 25.1 Å². The lowest BCUT2D eigenvalue weighted by atomic mass is 9.99. The SMILES string of the molecule is CC1(F)c2ccccc2-n2c1nc1ccccc1c2=O. The van der Waals surface area contributed by atoms with Crippen LogP contribution in [0.25, 0.3) is 16.6 Å². The van der Waals surface area contributed by atoms with Crippen LogP contribution < -0.4 is 5.56 Å². The Kier molecular flexibility index (Phi) is 2.01. The predicted octanol–water partition coefficient (Wildman–Crippen LogP) is 2.93. The number of aromatic nitrogens is 2. The second-order valence-corrected chi connectivity index (χ2v) is 5.11. The molecule has 1 aromatic heterocycles. The molecule has 0 aliphatic carbocycles. The lowest BCUT2D eigenvalue weighted by molar-refractivity contribution is 0.245. The van der Waals surface area contributed by atoms with E-state index in [4.69, 9.17) is 0 Å². The standard InChI is InChI=1S/C16H11FN2O/c1-16(17)11-7-3-5-9-13(11)19-14(20)10-6-2-4-8-12(10)18-15(16)19/h2-9H,1H3. The van der Waals surface area contributed by atoms with Crippen LogP contribution in [0.4, 0.5) is 4.39 Å². The minimum Gasteiger partial charge on any atom is -0.268 e. The molecule has 20 heavy (non-hydrogen) atoms. The van der Waals surface area contributed by atoms with Crippen molar-refractivity contribution < 1.29 is 4.39 Å². The molecule has 0 spiro atoms. The summed E-state index contributed by atoms with van der Waals surface area (Å²) in [7, 11) is 0. The highest BCUT2D eigenvalue weighted by molar-refractivity contribution is 5.78. The second-order valence-electron chi connectivity index (χ2n) is 5.11. The number of benzene rings is 2. The lowest BCUT2D eigenvalue weighted by Gasteiger charge is -2.14. The molecule has 0 saturated heterocycles. The molecule has 0 N–H and O–H groups in total. The molecule has 4 heteroatoms. The van der Waals surface area contributed by atoms with Gasteiger partial charge in [0, 0.05) is 5.56 Å². The van der Waals surface area contributed by atoms with Crippen molar-refractivity contribution in [3.8, 4) is 5.69 Å². The highest BCUT2D eigenvalue weighted by Crippen LogP contribution is 2.41. The lowest BCUT2D eigenvalue weighted by Crippen LogP contribution is -2.24. The first-order chi connectivity index (χ1) is 9.60. The fourth-order valence-electron chi connectivity index (χ4n) is 2.86. The maximum absolute atomic E-state index is 15.1. The molecule has 1 aliphatic rings. The van der Waals surface area contributed by atoms with Gasteiger partial charge in [-0.25, -0.2) is 9.37 Å². The van der Waals surface area contributed by atoms with Gasteiger partial charge in [0.25, 0.3) is 5.56 Å². The average Bonchev–Trinajstić information content (AvgIpc) is 2.69. The number of nitrogens with zero attached hydrogens (tertiary/aromatic N) is 2. The molecule has 0 bridgehead atoms. The number of alkyl halides is 1. The molecule has 1 atom stereocenters. The Labute approximate surface area is 114 Å². The molecule has 3 aromatic rings. The Morgan fingerprint density at radius 2 is 1.80 bits per heavy atom. The zero-order chi connectivity index (χ0) is 13.9. The van der Waals surface area contributed by atoms with Crippen LogP contribution in [0, 0.1) is 0 Å². The molecule has 0 amide bonds. The average molecular weight is 266 g/mol.